The summed E-state index contributed by atoms with van der Waals surface area (Å²) in [6.07, 6.45) is 1.08. The van der Waals surface area contributed by atoms with Crippen LogP contribution in [-0.4, -0.2) is 44.8 Å². The number of hydrogen-bond acceptors (Lipinski definition) is 5. The number of piperidine rings is 1. The number of esters is 1. The Balaban J connectivity index is 1.69. The van der Waals surface area contributed by atoms with E-state index in [1.165, 1.54) is 35.7 Å². The third-order valence-corrected chi connectivity index (χ3v) is 6.82. The fourth-order valence-electron chi connectivity index (χ4n) is 3.41. The number of carbonyl (C=O) groups is 2. The summed E-state index contributed by atoms with van der Waals surface area (Å²) in [5.41, 5.74) is 1.03. The number of benzene rings is 2. The van der Waals surface area contributed by atoms with E-state index in [2.05, 4.69) is 5.32 Å². The molecule has 1 fully saturated rings. The third-order valence-electron chi connectivity index (χ3n) is 5.00. The smallest absolute Gasteiger partial charge is 0.339 e. The van der Waals surface area contributed by atoms with Crippen LogP contribution in [0.2, 0.25) is 0 Å². The Bertz CT molecular complexity index is 1020. The number of sulfonamides is 1. The second-order valence-electron chi connectivity index (χ2n) is 7.11. The van der Waals surface area contributed by atoms with Crippen LogP contribution in [0.3, 0.4) is 0 Å². The van der Waals surface area contributed by atoms with Gasteiger partial charge in [-0.1, -0.05) is 24.3 Å². The summed E-state index contributed by atoms with van der Waals surface area (Å²) in [7, 11) is -2.40. The van der Waals surface area contributed by atoms with Gasteiger partial charge in [0.2, 0.25) is 15.9 Å². The molecule has 1 aliphatic heterocycles. The number of nitrogens with one attached hydrogen (secondary N) is 1. The van der Waals surface area contributed by atoms with E-state index in [1.807, 2.05) is 0 Å². The van der Waals surface area contributed by atoms with Gasteiger partial charge in [-0.15, -0.1) is 0 Å². The maximum absolute atomic E-state index is 13.1. The van der Waals surface area contributed by atoms with Crippen molar-refractivity contribution in [1.82, 2.24) is 4.31 Å². The van der Waals surface area contributed by atoms with Crippen LogP contribution in [0, 0.1) is 11.7 Å². The first-order valence-corrected chi connectivity index (χ1v) is 11.1. The standard InChI is InChI=1S/C21H23FN2O5S/c1-29-21(26)18-6-2-3-7-19(18)23-20(25)16-5-4-12-24(13-16)30(27,28)14-15-8-10-17(22)11-9-15/h2-3,6-11,16H,4-5,12-14H2,1H3,(H,23,25)/t16-/m1/s1. The summed E-state index contributed by atoms with van der Waals surface area (Å²) in [6.45, 7) is 0.377. The molecule has 0 unspecified atom stereocenters. The van der Waals surface area contributed by atoms with Crippen molar-refractivity contribution in [3.05, 3.63) is 65.5 Å². The van der Waals surface area contributed by atoms with Crippen molar-refractivity contribution in [2.75, 3.05) is 25.5 Å². The lowest BCUT2D eigenvalue weighted by Gasteiger charge is -2.31. The highest BCUT2D eigenvalue weighted by Crippen LogP contribution is 2.24. The molecule has 160 valence electrons. The van der Waals surface area contributed by atoms with Crippen LogP contribution >= 0.6 is 0 Å². The lowest BCUT2D eigenvalue weighted by Crippen LogP contribution is -2.44. The Kier molecular flexibility index (Phi) is 6.84. The molecule has 0 aromatic heterocycles. The van der Waals surface area contributed by atoms with Crippen LogP contribution in [-0.2, 0) is 25.3 Å². The summed E-state index contributed by atoms with van der Waals surface area (Å²) in [4.78, 5) is 24.7. The Morgan fingerprint density at radius 3 is 2.57 bits per heavy atom. The van der Waals surface area contributed by atoms with E-state index in [0.29, 0.717) is 30.6 Å². The van der Waals surface area contributed by atoms with Gasteiger partial charge in [0.15, 0.2) is 0 Å². The number of para-hydroxylation sites is 1. The molecule has 0 radical (unpaired) electrons. The van der Waals surface area contributed by atoms with Crippen LogP contribution in [0.25, 0.3) is 0 Å². The van der Waals surface area contributed by atoms with Gasteiger partial charge in [0.05, 0.1) is 30.0 Å². The quantitative estimate of drug-likeness (QED) is 0.706. The first-order chi connectivity index (χ1) is 14.3. The van der Waals surface area contributed by atoms with Crippen LogP contribution < -0.4 is 5.32 Å². The van der Waals surface area contributed by atoms with Crippen molar-refractivity contribution >= 4 is 27.6 Å². The van der Waals surface area contributed by atoms with E-state index in [4.69, 9.17) is 4.74 Å². The lowest BCUT2D eigenvalue weighted by molar-refractivity contribution is -0.120. The topological polar surface area (TPSA) is 92.8 Å². The van der Waals surface area contributed by atoms with Crippen LogP contribution in [0.1, 0.15) is 28.8 Å². The first-order valence-electron chi connectivity index (χ1n) is 9.50. The molecule has 2 aromatic carbocycles. The molecular weight excluding hydrogens is 411 g/mol. The fourth-order valence-corrected chi connectivity index (χ4v) is 5.02. The molecule has 0 bridgehead atoms. The Morgan fingerprint density at radius 1 is 1.17 bits per heavy atom. The number of methoxy groups -OCH3 is 1. The predicted octanol–water partition coefficient (Wildman–Crippen LogP) is 2.79. The van der Waals surface area contributed by atoms with Crippen molar-refractivity contribution in [2.45, 2.75) is 18.6 Å². The third kappa shape index (κ3) is 5.22. The minimum absolute atomic E-state index is 0.0513. The second kappa shape index (κ2) is 9.36. The van der Waals surface area contributed by atoms with Gasteiger partial charge in [-0.2, -0.15) is 0 Å². The monoisotopic (exact) mass is 434 g/mol. The van der Waals surface area contributed by atoms with Gasteiger partial charge < -0.3 is 10.1 Å². The summed E-state index contributed by atoms with van der Waals surface area (Å²) >= 11 is 0. The highest BCUT2D eigenvalue weighted by Gasteiger charge is 2.32. The van der Waals surface area contributed by atoms with Gasteiger partial charge in [0.1, 0.15) is 5.82 Å². The number of rotatable bonds is 6. The first kappa shape index (κ1) is 21.9. The molecule has 0 saturated carbocycles. The number of carbonyl (C=O) groups excluding carboxylic acids is 2. The van der Waals surface area contributed by atoms with E-state index in [9.17, 15) is 22.4 Å². The average molecular weight is 434 g/mol. The molecule has 9 heteroatoms. The van der Waals surface area contributed by atoms with Crippen molar-refractivity contribution in [3.63, 3.8) is 0 Å². The molecule has 30 heavy (non-hydrogen) atoms. The molecule has 1 aliphatic rings. The van der Waals surface area contributed by atoms with Crippen molar-refractivity contribution in [2.24, 2.45) is 5.92 Å². The average Bonchev–Trinajstić information content (AvgIpc) is 2.75. The van der Waals surface area contributed by atoms with E-state index >= 15 is 0 Å². The molecule has 7 nitrogen and oxygen atoms in total. The molecule has 0 spiro atoms. The zero-order chi connectivity index (χ0) is 21.7. The molecule has 1 N–H and O–H groups in total. The van der Waals surface area contributed by atoms with Crippen LogP contribution in [0.5, 0.6) is 0 Å². The highest BCUT2D eigenvalue weighted by molar-refractivity contribution is 7.88. The molecule has 1 saturated heterocycles. The fraction of sp³-hybridized carbons (Fsp3) is 0.333. The summed E-state index contributed by atoms with van der Waals surface area (Å²) in [6, 6.07) is 11.8. The van der Waals surface area contributed by atoms with E-state index < -0.39 is 27.7 Å². The van der Waals surface area contributed by atoms with Crippen molar-refractivity contribution < 1.29 is 27.1 Å². The number of ether oxygens (including phenoxy) is 1. The highest BCUT2D eigenvalue weighted by atomic mass is 32.2. The molecule has 0 aliphatic carbocycles. The zero-order valence-electron chi connectivity index (χ0n) is 16.5. The number of halogens is 1. The van der Waals surface area contributed by atoms with Gasteiger partial charge in [0, 0.05) is 13.1 Å². The Labute approximate surface area is 174 Å². The SMILES string of the molecule is COC(=O)c1ccccc1NC(=O)[C@@H]1CCCN(S(=O)(=O)Cc2ccc(F)cc2)C1. The molecule has 3 rings (SSSR count). The molecule has 2 aromatic rings. The zero-order valence-corrected chi connectivity index (χ0v) is 17.3. The minimum Gasteiger partial charge on any atom is -0.465 e. The van der Waals surface area contributed by atoms with Gasteiger partial charge in [-0.3, -0.25) is 4.79 Å². The number of anilines is 1. The van der Waals surface area contributed by atoms with Gasteiger partial charge in [-0.05, 0) is 42.7 Å². The van der Waals surface area contributed by atoms with Gasteiger partial charge in [0.25, 0.3) is 0 Å². The van der Waals surface area contributed by atoms with Crippen molar-refractivity contribution in [1.29, 1.82) is 0 Å². The largest absolute Gasteiger partial charge is 0.465 e. The summed E-state index contributed by atoms with van der Waals surface area (Å²) in [5, 5.41) is 2.72. The van der Waals surface area contributed by atoms with Crippen LogP contribution in [0.4, 0.5) is 10.1 Å². The maximum Gasteiger partial charge on any atom is 0.339 e. The maximum atomic E-state index is 13.1. The molecule has 1 atom stereocenters. The Hall–Kier alpha value is -2.78. The van der Waals surface area contributed by atoms with Gasteiger partial charge >= 0.3 is 5.97 Å². The summed E-state index contributed by atoms with van der Waals surface area (Å²) < 4.78 is 44.7. The molecule has 1 amide bonds. The van der Waals surface area contributed by atoms with E-state index in [1.54, 1.807) is 24.3 Å². The number of nitrogens with zero attached hydrogens (tertiary/aromatic N) is 1. The normalized spacial score (nSPS) is 17.3. The minimum atomic E-state index is -3.66. The molecule has 1 heterocycles. The van der Waals surface area contributed by atoms with Crippen LogP contribution in [0.15, 0.2) is 48.5 Å². The lowest BCUT2D eigenvalue weighted by atomic mass is 9.98. The van der Waals surface area contributed by atoms with Crippen molar-refractivity contribution in [3.8, 4) is 0 Å². The molecular formula is C21H23FN2O5S. The predicted molar refractivity (Wildman–Crippen MR) is 110 cm³/mol. The summed E-state index contributed by atoms with van der Waals surface area (Å²) in [5.74, 6) is -2.16. The van der Waals surface area contributed by atoms with E-state index in [-0.39, 0.29) is 23.8 Å². The van der Waals surface area contributed by atoms with E-state index in [0.717, 1.165) is 0 Å². The van der Waals surface area contributed by atoms with Gasteiger partial charge in [-0.25, -0.2) is 21.9 Å². The number of amides is 1. The second-order valence-corrected chi connectivity index (χ2v) is 9.08. The Morgan fingerprint density at radius 2 is 1.87 bits per heavy atom. The number of hydrogen-bond donors (Lipinski definition) is 1.